The number of ether oxygens (including phenoxy) is 3. The molecule has 3 N–H and O–H groups in total. The van der Waals surface area contributed by atoms with Crippen molar-refractivity contribution >= 4 is 11.9 Å². The van der Waals surface area contributed by atoms with Crippen LogP contribution in [0.25, 0.3) is 0 Å². The molecule has 0 aromatic rings. The van der Waals surface area contributed by atoms with E-state index in [0.29, 0.717) is 13.0 Å². The number of hydrogen-bond donors (Lipinski definition) is 2. The number of carbonyl (C=O) groups is 2. The van der Waals surface area contributed by atoms with Crippen molar-refractivity contribution in [3.63, 3.8) is 0 Å². The van der Waals surface area contributed by atoms with Crippen LogP contribution in [0.15, 0.2) is 0 Å². The van der Waals surface area contributed by atoms with Crippen molar-refractivity contribution in [2.75, 3.05) is 6.61 Å². The molecule has 2 fully saturated rings. The zero-order valence-electron chi connectivity index (χ0n) is 12.9. The zero-order valence-corrected chi connectivity index (χ0v) is 12.9. The average Bonchev–Trinajstić information content (AvgIpc) is 2.68. The van der Waals surface area contributed by atoms with E-state index in [-0.39, 0.29) is 24.0 Å². The molecule has 5 atom stereocenters. The number of esters is 1. The van der Waals surface area contributed by atoms with Gasteiger partial charge in [-0.15, -0.1) is 0 Å². The first-order valence-corrected chi connectivity index (χ1v) is 7.30. The standard InChI is InChI=1S/C14H24N2O5/c1-5-19-13(18)8-6-9(15)10(16-7(2)17)12-11(8)20-14(3,4)21-12/h8-12H,5-6,15H2,1-4H3,(H,16,17)/t8-,9?,10?,11-,12+/m1/s1. The van der Waals surface area contributed by atoms with Crippen LogP contribution in [0.1, 0.15) is 34.1 Å². The first-order valence-electron chi connectivity index (χ1n) is 7.30. The van der Waals surface area contributed by atoms with Gasteiger partial charge in [0.2, 0.25) is 5.91 Å². The van der Waals surface area contributed by atoms with E-state index < -0.39 is 23.9 Å². The second kappa shape index (κ2) is 5.90. The van der Waals surface area contributed by atoms with E-state index in [1.807, 2.05) is 0 Å². The van der Waals surface area contributed by atoms with Crippen LogP contribution in [0.3, 0.4) is 0 Å². The van der Waals surface area contributed by atoms with Crippen LogP contribution in [-0.4, -0.2) is 48.6 Å². The van der Waals surface area contributed by atoms with Gasteiger partial charge in [-0.25, -0.2) is 0 Å². The second-order valence-corrected chi connectivity index (χ2v) is 6.05. The van der Waals surface area contributed by atoms with Gasteiger partial charge in [0.05, 0.1) is 18.6 Å². The van der Waals surface area contributed by atoms with Gasteiger partial charge in [0.15, 0.2) is 5.79 Å². The van der Waals surface area contributed by atoms with E-state index >= 15 is 0 Å². The van der Waals surface area contributed by atoms with E-state index in [1.165, 1.54) is 6.92 Å². The molecule has 0 aromatic heterocycles. The summed E-state index contributed by atoms with van der Waals surface area (Å²) in [5.41, 5.74) is 6.14. The predicted octanol–water partition coefficient (Wildman–Crippen LogP) is -0.0785. The summed E-state index contributed by atoms with van der Waals surface area (Å²) >= 11 is 0. The maximum absolute atomic E-state index is 12.1. The smallest absolute Gasteiger partial charge is 0.311 e. The van der Waals surface area contributed by atoms with E-state index in [4.69, 9.17) is 19.9 Å². The molecule has 1 heterocycles. The first-order chi connectivity index (χ1) is 9.75. The highest BCUT2D eigenvalue weighted by Gasteiger charge is 2.56. The van der Waals surface area contributed by atoms with E-state index in [1.54, 1.807) is 20.8 Å². The molecule has 7 nitrogen and oxygen atoms in total. The van der Waals surface area contributed by atoms with Crippen molar-refractivity contribution in [1.82, 2.24) is 5.32 Å². The molecule has 0 bridgehead atoms. The Labute approximate surface area is 124 Å². The molecule has 0 aromatic carbocycles. The summed E-state index contributed by atoms with van der Waals surface area (Å²) in [6.07, 6.45) is -0.526. The summed E-state index contributed by atoms with van der Waals surface area (Å²) in [5, 5.41) is 2.81. The Morgan fingerprint density at radius 3 is 2.52 bits per heavy atom. The number of nitrogens with two attached hydrogens (primary N) is 1. The lowest BCUT2D eigenvalue weighted by atomic mass is 9.78. The molecular weight excluding hydrogens is 276 g/mol. The third-order valence-electron chi connectivity index (χ3n) is 3.86. The molecule has 2 aliphatic rings. The van der Waals surface area contributed by atoms with Gasteiger partial charge in [-0.2, -0.15) is 0 Å². The number of fused-ring (bicyclic) bond motifs is 1. The highest BCUT2D eigenvalue weighted by molar-refractivity contribution is 5.75. The Morgan fingerprint density at radius 1 is 1.33 bits per heavy atom. The SMILES string of the molecule is CCOC(=O)[C@@H]1CC(N)C(NC(C)=O)[C@@H]2OC(C)(C)O[C@H]12. The molecule has 1 aliphatic heterocycles. The molecule has 1 amide bonds. The fourth-order valence-electron chi connectivity index (χ4n) is 3.13. The quantitative estimate of drug-likeness (QED) is 0.707. The fourth-order valence-corrected chi connectivity index (χ4v) is 3.13. The lowest BCUT2D eigenvalue weighted by Crippen LogP contribution is -2.63. The largest absolute Gasteiger partial charge is 0.466 e. The summed E-state index contributed by atoms with van der Waals surface area (Å²) in [4.78, 5) is 23.5. The van der Waals surface area contributed by atoms with Crippen LogP contribution in [0.2, 0.25) is 0 Å². The molecule has 2 unspecified atom stereocenters. The minimum atomic E-state index is -0.819. The number of rotatable bonds is 3. The lowest BCUT2D eigenvalue weighted by molar-refractivity contribution is -0.163. The summed E-state index contributed by atoms with van der Waals surface area (Å²) in [6, 6.07) is -0.762. The van der Waals surface area contributed by atoms with Gasteiger partial charge in [0, 0.05) is 13.0 Å². The monoisotopic (exact) mass is 300 g/mol. The molecule has 120 valence electrons. The Morgan fingerprint density at radius 2 is 1.95 bits per heavy atom. The fraction of sp³-hybridized carbons (Fsp3) is 0.857. The van der Waals surface area contributed by atoms with Crippen LogP contribution >= 0.6 is 0 Å². The highest BCUT2D eigenvalue weighted by atomic mass is 16.8. The minimum absolute atomic E-state index is 0.183. The topological polar surface area (TPSA) is 99.9 Å². The van der Waals surface area contributed by atoms with Gasteiger partial charge < -0.3 is 25.3 Å². The summed E-state index contributed by atoms with van der Waals surface area (Å²) < 4.78 is 16.8. The number of amides is 1. The molecule has 7 heteroatoms. The average molecular weight is 300 g/mol. The van der Waals surface area contributed by atoms with Crippen LogP contribution in [0.4, 0.5) is 0 Å². The van der Waals surface area contributed by atoms with Crippen molar-refractivity contribution in [2.45, 2.75) is 64.2 Å². The normalized spacial score (nSPS) is 37.7. The van der Waals surface area contributed by atoms with Gasteiger partial charge in [-0.3, -0.25) is 9.59 Å². The van der Waals surface area contributed by atoms with Crippen LogP contribution in [0, 0.1) is 5.92 Å². The van der Waals surface area contributed by atoms with Crippen molar-refractivity contribution in [2.24, 2.45) is 11.7 Å². The molecule has 0 spiro atoms. The van der Waals surface area contributed by atoms with Gasteiger partial charge in [0.25, 0.3) is 0 Å². The maximum Gasteiger partial charge on any atom is 0.311 e. The molecule has 2 rings (SSSR count). The summed E-state index contributed by atoms with van der Waals surface area (Å²) in [6.45, 7) is 7.06. The predicted molar refractivity (Wildman–Crippen MR) is 74.1 cm³/mol. The number of nitrogens with one attached hydrogen (secondary N) is 1. The van der Waals surface area contributed by atoms with Crippen LogP contribution < -0.4 is 11.1 Å². The third-order valence-corrected chi connectivity index (χ3v) is 3.86. The summed E-state index contributed by atoms with van der Waals surface area (Å²) in [7, 11) is 0. The van der Waals surface area contributed by atoms with Crippen molar-refractivity contribution in [3.05, 3.63) is 0 Å². The van der Waals surface area contributed by atoms with Crippen molar-refractivity contribution in [3.8, 4) is 0 Å². The third kappa shape index (κ3) is 3.36. The van der Waals surface area contributed by atoms with E-state index in [2.05, 4.69) is 5.32 Å². The molecular formula is C14H24N2O5. The summed E-state index contributed by atoms with van der Waals surface area (Å²) in [5.74, 6) is -1.81. The number of carbonyl (C=O) groups excluding carboxylic acids is 2. The molecule has 0 radical (unpaired) electrons. The van der Waals surface area contributed by atoms with E-state index in [9.17, 15) is 9.59 Å². The Kier molecular flexibility index (Phi) is 4.55. The Bertz CT molecular complexity index is 426. The van der Waals surface area contributed by atoms with Crippen LogP contribution in [-0.2, 0) is 23.8 Å². The highest BCUT2D eigenvalue weighted by Crippen LogP contribution is 2.40. The Balaban J connectivity index is 2.23. The van der Waals surface area contributed by atoms with Crippen molar-refractivity contribution in [1.29, 1.82) is 0 Å². The minimum Gasteiger partial charge on any atom is -0.466 e. The van der Waals surface area contributed by atoms with Gasteiger partial charge >= 0.3 is 5.97 Å². The van der Waals surface area contributed by atoms with Gasteiger partial charge in [-0.05, 0) is 27.2 Å². The van der Waals surface area contributed by atoms with E-state index in [0.717, 1.165) is 0 Å². The molecule has 21 heavy (non-hydrogen) atoms. The first kappa shape index (κ1) is 16.2. The van der Waals surface area contributed by atoms with Gasteiger partial charge in [0.1, 0.15) is 12.2 Å². The molecule has 1 aliphatic carbocycles. The van der Waals surface area contributed by atoms with Gasteiger partial charge in [-0.1, -0.05) is 0 Å². The molecule has 1 saturated carbocycles. The molecule has 1 saturated heterocycles. The zero-order chi connectivity index (χ0) is 15.8. The Hall–Kier alpha value is -1.18. The second-order valence-electron chi connectivity index (χ2n) is 6.05. The lowest BCUT2D eigenvalue weighted by Gasteiger charge is -2.39. The van der Waals surface area contributed by atoms with Crippen LogP contribution in [0.5, 0.6) is 0 Å². The maximum atomic E-state index is 12.1. The van der Waals surface area contributed by atoms with Crippen molar-refractivity contribution < 1.29 is 23.8 Å². The number of hydrogen-bond acceptors (Lipinski definition) is 6.